The number of benzene rings is 1. The minimum Gasteiger partial charge on any atom is -0.378 e. The Morgan fingerprint density at radius 1 is 1.16 bits per heavy atom. The fourth-order valence-electron chi connectivity index (χ4n) is 4.47. The Morgan fingerprint density at radius 2 is 1.97 bits per heavy atom. The smallest absolute Gasteiger partial charge is 0.233 e. The second kappa shape index (κ2) is 9.64. The van der Waals surface area contributed by atoms with E-state index in [4.69, 9.17) is 4.74 Å². The molecule has 32 heavy (non-hydrogen) atoms. The Labute approximate surface area is 196 Å². The number of thioether (sulfide) groups is 1. The van der Waals surface area contributed by atoms with Crippen molar-refractivity contribution in [1.82, 2.24) is 19.7 Å². The molecule has 0 spiro atoms. The van der Waals surface area contributed by atoms with Crippen LogP contribution in [-0.4, -0.2) is 64.2 Å². The van der Waals surface area contributed by atoms with Crippen LogP contribution >= 0.6 is 23.1 Å². The molecule has 3 aromatic rings. The van der Waals surface area contributed by atoms with E-state index in [1.165, 1.54) is 22.2 Å². The molecule has 2 aliphatic rings. The highest BCUT2D eigenvalue weighted by Gasteiger charge is 2.31. The second-order valence-electron chi connectivity index (χ2n) is 7.90. The predicted octanol–water partition coefficient (Wildman–Crippen LogP) is 3.79. The largest absolute Gasteiger partial charge is 0.378 e. The van der Waals surface area contributed by atoms with E-state index in [9.17, 15) is 4.79 Å². The number of carbonyl (C=O) groups is 1. The summed E-state index contributed by atoms with van der Waals surface area (Å²) >= 11 is 3.27. The van der Waals surface area contributed by atoms with Gasteiger partial charge in [0.15, 0.2) is 5.16 Å². The Morgan fingerprint density at radius 3 is 2.75 bits per heavy atom. The van der Waals surface area contributed by atoms with Crippen molar-refractivity contribution in [2.24, 2.45) is 0 Å². The molecule has 1 unspecified atom stereocenters. The van der Waals surface area contributed by atoms with Gasteiger partial charge in [0, 0.05) is 24.5 Å². The summed E-state index contributed by atoms with van der Waals surface area (Å²) in [5.74, 6) is 1.32. The number of nitrogens with zero attached hydrogens (tertiary/aromatic N) is 5. The van der Waals surface area contributed by atoms with Crippen LogP contribution in [0.3, 0.4) is 0 Å². The fraction of sp³-hybridized carbons (Fsp3) is 0.435. The van der Waals surface area contributed by atoms with Gasteiger partial charge in [-0.15, -0.1) is 21.5 Å². The molecule has 1 fully saturated rings. The third kappa shape index (κ3) is 4.16. The van der Waals surface area contributed by atoms with Crippen LogP contribution in [0.15, 0.2) is 46.9 Å². The maximum Gasteiger partial charge on any atom is 0.233 e. The lowest BCUT2D eigenvalue weighted by molar-refractivity contribution is -0.131. The molecule has 1 saturated heterocycles. The summed E-state index contributed by atoms with van der Waals surface area (Å²) in [6, 6.07) is 12.5. The number of anilines is 1. The van der Waals surface area contributed by atoms with Gasteiger partial charge >= 0.3 is 0 Å². The topological polar surface area (TPSA) is 63.5 Å². The lowest BCUT2D eigenvalue weighted by atomic mass is 9.98. The van der Waals surface area contributed by atoms with Gasteiger partial charge in [-0.2, -0.15) is 0 Å². The van der Waals surface area contributed by atoms with Crippen LogP contribution in [0.1, 0.15) is 29.8 Å². The summed E-state index contributed by atoms with van der Waals surface area (Å²) in [5, 5.41) is 11.9. The van der Waals surface area contributed by atoms with Crippen molar-refractivity contribution in [2.45, 2.75) is 31.0 Å². The Bertz CT molecular complexity index is 1060. The van der Waals surface area contributed by atoms with E-state index >= 15 is 0 Å². The highest BCUT2D eigenvalue weighted by molar-refractivity contribution is 7.99. The van der Waals surface area contributed by atoms with Crippen molar-refractivity contribution in [3.8, 4) is 5.69 Å². The molecule has 1 amide bonds. The predicted molar refractivity (Wildman–Crippen MR) is 128 cm³/mol. The van der Waals surface area contributed by atoms with Crippen LogP contribution < -0.4 is 4.90 Å². The first-order valence-electron chi connectivity index (χ1n) is 11.1. The van der Waals surface area contributed by atoms with Crippen LogP contribution in [0.2, 0.25) is 0 Å². The number of para-hydroxylation sites is 1. The number of hydrogen-bond acceptors (Lipinski definition) is 7. The molecule has 0 bridgehead atoms. The Kier molecular flexibility index (Phi) is 6.47. The van der Waals surface area contributed by atoms with Gasteiger partial charge in [-0.25, -0.2) is 0 Å². The summed E-state index contributed by atoms with van der Waals surface area (Å²) in [5.41, 5.74) is 2.32. The first-order valence-corrected chi connectivity index (χ1v) is 12.9. The molecule has 0 radical (unpaired) electrons. The van der Waals surface area contributed by atoms with Crippen molar-refractivity contribution < 1.29 is 9.53 Å². The zero-order valence-corrected chi connectivity index (χ0v) is 19.8. The first-order chi connectivity index (χ1) is 15.8. The number of fused-ring (bicyclic) bond motifs is 1. The number of ether oxygens (including phenoxy) is 1. The lowest BCUT2D eigenvalue weighted by Gasteiger charge is -2.35. The van der Waals surface area contributed by atoms with Crippen LogP contribution in [0, 0.1) is 0 Å². The molecule has 1 atom stereocenters. The van der Waals surface area contributed by atoms with Crippen molar-refractivity contribution in [2.75, 3.05) is 43.5 Å². The molecule has 0 N–H and O–H groups in total. The molecule has 4 heterocycles. The Balaban J connectivity index is 1.36. The van der Waals surface area contributed by atoms with Gasteiger partial charge in [0.2, 0.25) is 11.9 Å². The third-order valence-corrected chi connectivity index (χ3v) is 7.96. The van der Waals surface area contributed by atoms with E-state index in [1.807, 2.05) is 23.1 Å². The number of carbonyl (C=O) groups excluding carboxylic acids is 1. The maximum absolute atomic E-state index is 13.3. The molecule has 168 valence electrons. The van der Waals surface area contributed by atoms with Crippen LogP contribution in [0.4, 0.5) is 5.95 Å². The van der Waals surface area contributed by atoms with E-state index < -0.39 is 0 Å². The molecule has 0 aliphatic carbocycles. The average molecular weight is 470 g/mol. The minimum atomic E-state index is 0.161. The molecule has 9 heteroatoms. The lowest BCUT2D eigenvalue weighted by Crippen LogP contribution is -2.40. The number of morpholine rings is 1. The molecular formula is C23H27N5O2S2. The number of rotatable bonds is 6. The number of aromatic nitrogens is 3. The van der Waals surface area contributed by atoms with Crippen LogP contribution in [0.5, 0.6) is 0 Å². The van der Waals surface area contributed by atoms with Gasteiger partial charge in [-0.1, -0.05) is 36.9 Å². The van der Waals surface area contributed by atoms with Gasteiger partial charge < -0.3 is 14.5 Å². The fourth-order valence-corrected chi connectivity index (χ4v) is 6.23. The summed E-state index contributed by atoms with van der Waals surface area (Å²) in [4.78, 5) is 18.9. The minimum absolute atomic E-state index is 0.161. The van der Waals surface area contributed by atoms with Gasteiger partial charge in [0.05, 0.1) is 30.7 Å². The van der Waals surface area contributed by atoms with Crippen molar-refractivity contribution in [1.29, 1.82) is 0 Å². The summed E-state index contributed by atoms with van der Waals surface area (Å²) in [7, 11) is 0. The zero-order chi connectivity index (χ0) is 21.9. The quantitative estimate of drug-likeness (QED) is 0.512. The summed E-state index contributed by atoms with van der Waals surface area (Å²) in [6.07, 6.45) is 1.88. The van der Waals surface area contributed by atoms with Crippen LogP contribution in [0.25, 0.3) is 5.69 Å². The molecule has 1 aromatic carbocycles. The van der Waals surface area contributed by atoms with Crippen molar-refractivity contribution in [3.63, 3.8) is 0 Å². The molecular weight excluding hydrogens is 442 g/mol. The van der Waals surface area contributed by atoms with E-state index in [0.29, 0.717) is 19.0 Å². The van der Waals surface area contributed by atoms with E-state index in [2.05, 4.69) is 50.2 Å². The van der Waals surface area contributed by atoms with E-state index in [1.54, 1.807) is 11.3 Å². The summed E-state index contributed by atoms with van der Waals surface area (Å²) < 4.78 is 7.57. The third-order valence-electron chi connectivity index (χ3n) is 6.05. The van der Waals surface area contributed by atoms with Gasteiger partial charge in [-0.3, -0.25) is 9.36 Å². The van der Waals surface area contributed by atoms with Gasteiger partial charge in [-0.05, 0) is 42.0 Å². The monoisotopic (exact) mass is 469 g/mol. The average Bonchev–Trinajstić information content (AvgIpc) is 3.50. The first kappa shape index (κ1) is 21.5. The van der Waals surface area contributed by atoms with Gasteiger partial charge in [0.25, 0.3) is 0 Å². The van der Waals surface area contributed by atoms with E-state index in [0.717, 1.165) is 49.3 Å². The SMILES string of the molecule is CCC1c2ccsc2CCN1C(=O)CSc1nnc(N2CCOCC2)n1-c1ccccc1. The van der Waals surface area contributed by atoms with Crippen LogP contribution in [-0.2, 0) is 16.0 Å². The number of hydrogen-bond donors (Lipinski definition) is 0. The molecule has 7 nitrogen and oxygen atoms in total. The highest BCUT2D eigenvalue weighted by Crippen LogP contribution is 2.36. The molecule has 0 saturated carbocycles. The number of thiophene rings is 1. The second-order valence-corrected chi connectivity index (χ2v) is 9.85. The van der Waals surface area contributed by atoms with Gasteiger partial charge in [0.1, 0.15) is 0 Å². The molecule has 5 rings (SSSR count). The zero-order valence-electron chi connectivity index (χ0n) is 18.1. The molecule has 2 aliphatic heterocycles. The maximum atomic E-state index is 13.3. The summed E-state index contributed by atoms with van der Waals surface area (Å²) in [6.45, 7) is 5.87. The Hall–Kier alpha value is -2.36. The molecule has 2 aromatic heterocycles. The highest BCUT2D eigenvalue weighted by atomic mass is 32.2. The number of amides is 1. The van der Waals surface area contributed by atoms with Crippen molar-refractivity contribution in [3.05, 3.63) is 52.2 Å². The van der Waals surface area contributed by atoms with E-state index in [-0.39, 0.29) is 11.9 Å². The standard InChI is InChI=1S/C23H27N5O2S2/c1-2-19-18-9-15-31-20(18)8-10-27(19)21(29)16-32-23-25-24-22(26-11-13-30-14-12-26)28(23)17-6-4-3-5-7-17/h3-7,9,15,19H,2,8,10-14,16H2,1H3. The van der Waals surface area contributed by atoms with Crippen molar-refractivity contribution >= 4 is 35.0 Å². The normalized spacial score (nSPS) is 18.6.